The van der Waals surface area contributed by atoms with E-state index in [9.17, 15) is 24.3 Å². The van der Waals surface area contributed by atoms with Gasteiger partial charge in [-0.15, -0.1) is 0 Å². The summed E-state index contributed by atoms with van der Waals surface area (Å²) in [5.41, 5.74) is 3.29. The van der Waals surface area contributed by atoms with Crippen LogP contribution in [0, 0.1) is 0 Å². The number of amides is 4. The molecule has 0 unspecified atom stereocenters. The van der Waals surface area contributed by atoms with Gasteiger partial charge in [0.05, 0.1) is 7.11 Å². The van der Waals surface area contributed by atoms with Crippen LogP contribution < -0.4 is 25.6 Å². The van der Waals surface area contributed by atoms with Gasteiger partial charge in [-0.25, -0.2) is 10.3 Å². The topological polar surface area (TPSA) is 176 Å². The molecular formula is C33H38N4O9. The number of methoxy groups -OCH3 is 1. The van der Waals surface area contributed by atoms with E-state index in [1.807, 2.05) is 0 Å². The highest BCUT2D eigenvalue weighted by Gasteiger charge is 2.39. The third kappa shape index (κ3) is 9.11. The van der Waals surface area contributed by atoms with Crippen molar-refractivity contribution in [3.63, 3.8) is 0 Å². The Morgan fingerprint density at radius 3 is 2.26 bits per heavy atom. The van der Waals surface area contributed by atoms with Crippen LogP contribution in [-0.2, 0) is 38.5 Å². The average Bonchev–Trinajstić information content (AvgIpc) is 3.02. The van der Waals surface area contributed by atoms with Gasteiger partial charge in [0.2, 0.25) is 11.8 Å². The van der Waals surface area contributed by atoms with Crippen LogP contribution in [0.2, 0.25) is 0 Å². The number of phenols is 1. The summed E-state index contributed by atoms with van der Waals surface area (Å²) < 4.78 is 16.1. The van der Waals surface area contributed by atoms with E-state index in [0.717, 1.165) is 5.56 Å². The summed E-state index contributed by atoms with van der Waals surface area (Å²) >= 11 is 0. The first kappa shape index (κ1) is 33.6. The fourth-order valence-corrected chi connectivity index (χ4v) is 4.92. The fourth-order valence-electron chi connectivity index (χ4n) is 4.92. The maximum absolute atomic E-state index is 14.4. The number of aromatic hydroxyl groups is 1. The van der Waals surface area contributed by atoms with E-state index in [4.69, 9.17) is 19.4 Å². The van der Waals surface area contributed by atoms with E-state index >= 15 is 0 Å². The molecule has 3 aromatic carbocycles. The van der Waals surface area contributed by atoms with Crippen molar-refractivity contribution in [2.24, 2.45) is 0 Å². The number of rotatable bonds is 10. The number of alkyl carbamates (subject to hydrolysis) is 1. The summed E-state index contributed by atoms with van der Waals surface area (Å²) in [7, 11) is 1.54. The van der Waals surface area contributed by atoms with Gasteiger partial charge in [-0.2, -0.15) is 0 Å². The Morgan fingerprint density at radius 2 is 1.63 bits per heavy atom. The van der Waals surface area contributed by atoms with Crippen LogP contribution in [0.3, 0.4) is 0 Å². The highest BCUT2D eigenvalue weighted by atomic mass is 16.6. The first-order valence-electron chi connectivity index (χ1n) is 14.6. The third-order valence-electron chi connectivity index (χ3n) is 7.11. The largest absolute Gasteiger partial charge is 0.508 e. The molecule has 1 aliphatic heterocycles. The first-order chi connectivity index (χ1) is 21.8. The lowest BCUT2D eigenvalue weighted by atomic mass is 9.91. The molecule has 0 aromatic heterocycles. The predicted molar refractivity (Wildman–Crippen MR) is 167 cm³/mol. The number of carbonyl (C=O) groups excluding carboxylic acids is 4. The Morgan fingerprint density at radius 1 is 0.957 bits per heavy atom. The molecule has 0 bridgehead atoms. The highest BCUT2D eigenvalue weighted by molar-refractivity contribution is 5.99. The van der Waals surface area contributed by atoms with Gasteiger partial charge in [-0.1, -0.05) is 18.2 Å². The molecular weight excluding hydrogens is 596 g/mol. The molecule has 4 rings (SSSR count). The second-order valence-electron chi connectivity index (χ2n) is 11.7. The van der Waals surface area contributed by atoms with E-state index in [2.05, 4.69) is 10.6 Å². The number of benzene rings is 3. The van der Waals surface area contributed by atoms with E-state index in [-0.39, 0.29) is 25.1 Å². The zero-order valence-corrected chi connectivity index (χ0v) is 26.0. The highest BCUT2D eigenvalue weighted by Crippen LogP contribution is 2.29. The molecule has 1 heterocycles. The van der Waals surface area contributed by atoms with E-state index < -0.39 is 48.1 Å². The predicted octanol–water partition coefficient (Wildman–Crippen LogP) is 3.31. The number of phenolic OH excluding ortho intramolecular Hbond substituents is 1. The van der Waals surface area contributed by atoms with Crippen molar-refractivity contribution in [2.45, 2.75) is 57.8 Å². The van der Waals surface area contributed by atoms with Crippen LogP contribution in [0.1, 0.15) is 37.5 Å². The van der Waals surface area contributed by atoms with Crippen LogP contribution in [-0.4, -0.2) is 70.4 Å². The van der Waals surface area contributed by atoms with Crippen LogP contribution >= 0.6 is 0 Å². The zero-order valence-electron chi connectivity index (χ0n) is 26.0. The smallest absolute Gasteiger partial charge is 0.408 e. The second kappa shape index (κ2) is 14.7. The zero-order chi connectivity index (χ0) is 33.4. The first-order valence-corrected chi connectivity index (χ1v) is 14.6. The molecule has 244 valence electrons. The number of nitrogens with one attached hydrogen (secondary N) is 3. The van der Waals surface area contributed by atoms with Gasteiger partial charge in [0, 0.05) is 25.1 Å². The molecule has 5 N–H and O–H groups in total. The summed E-state index contributed by atoms with van der Waals surface area (Å²) in [5, 5.41) is 24.1. The van der Waals surface area contributed by atoms with Crippen molar-refractivity contribution in [1.82, 2.24) is 15.7 Å². The van der Waals surface area contributed by atoms with Crippen molar-refractivity contribution in [3.05, 3.63) is 83.4 Å². The summed E-state index contributed by atoms with van der Waals surface area (Å²) in [6, 6.07) is 16.0. The molecule has 4 amide bonds. The monoisotopic (exact) mass is 634 g/mol. The molecule has 0 spiro atoms. The number of hydrogen-bond donors (Lipinski definition) is 5. The Bertz CT molecular complexity index is 1550. The van der Waals surface area contributed by atoms with Crippen molar-refractivity contribution in [3.8, 4) is 17.2 Å². The number of hydrogen-bond acceptors (Lipinski definition) is 9. The molecule has 13 nitrogen and oxygen atoms in total. The Kier molecular flexibility index (Phi) is 10.7. The molecule has 46 heavy (non-hydrogen) atoms. The Hall–Kier alpha value is -5.30. The van der Waals surface area contributed by atoms with Crippen LogP contribution in [0.25, 0.3) is 0 Å². The molecule has 0 radical (unpaired) electrons. The minimum absolute atomic E-state index is 0.0136. The minimum Gasteiger partial charge on any atom is -0.508 e. The van der Waals surface area contributed by atoms with Gasteiger partial charge < -0.3 is 34.9 Å². The number of carbonyl (C=O) groups is 4. The lowest BCUT2D eigenvalue weighted by molar-refractivity contribution is -0.141. The minimum atomic E-state index is -1.13. The van der Waals surface area contributed by atoms with Gasteiger partial charge in [0.25, 0.3) is 5.91 Å². The van der Waals surface area contributed by atoms with Crippen molar-refractivity contribution in [1.29, 1.82) is 0 Å². The van der Waals surface area contributed by atoms with Gasteiger partial charge in [-0.05, 0) is 86.0 Å². The molecule has 3 aromatic rings. The number of hydroxylamine groups is 1. The number of anilines is 1. The van der Waals surface area contributed by atoms with E-state index in [1.165, 1.54) is 29.6 Å². The molecule has 0 fully saturated rings. The van der Waals surface area contributed by atoms with Crippen molar-refractivity contribution < 1.29 is 43.7 Å². The molecule has 0 aliphatic carbocycles. The Balaban J connectivity index is 1.67. The van der Waals surface area contributed by atoms with Gasteiger partial charge in [0.1, 0.15) is 34.9 Å². The fraction of sp³-hybridized carbons (Fsp3) is 0.333. The van der Waals surface area contributed by atoms with E-state index in [0.29, 0.717) is 28.3 Å². The van der Waals surface area contributed by atoms with Crippen molar-refractivity contribution in [2.75, 3.05) is 19.0 Å². The summed E-state index contributed by atoms with van der Waals surface area (Å²) in [4.78, 5) is 53.9. The summed E-state index contributed by atoms with van der Waals surface area (Å²) in [5.74, 6) is -0.737. The van der Waals surface area contributed by atoms with Crippen molar-refractivity contribution >= 4 is 29.5 Å². The molecule has 1 aliphatic rings. The molecule has 2 atom stereocenters. The maximum Gasteiger partial charge on any atom is 0.408 e. The van der Waals surface area contributed by atoms with Crippen LogP contribution in [0.5, 0.6) is 17.2 Å². The van der Waals surface area contributed by atoms with Crippen LogP contribution in [0.15, 0.2) is 66.7 Å². The molecule has 0 saturated carbocycles. The summed E-state index contributed by atoms with van der Waals surface area (Å²) in [6.07, 6.45) is -0.605. The lowest BCUT2D eigenvalue weighted by Crippen LogP contribution is -2.57. The second-order valence-corrected chi connectivity index (χ2v) is 11.7. The van der Waals surface area contributed by atoms with E-state index in [1.54, 1.807) is 75.4 Å². The lowest BCUT2D eigenvalue weighted by Gasteiger charge is -2.38. The number of nitrogens with zero attached hydrogens (tertiary/aromatic N) is 1. The van der Waals surface area contributed by atoms with Gasteiger partial charge in [-0.3, -0.25) is 19.6 Å². The average molecular weight is 635 g/mol. The normalized spacial score (nSPS) is 14.7. The van der Waals surface area contributed by atoms with Crippen LogP contribution in [0.4, 0.5) is 10.5 Å². The third-order valence-corrected chi connectivity index (χ3v) is 7.11. The standard InChI is InChI=1S/C33H38N4O9/c1-33(2,3)46-32(42)35-27(15-20-5-10-24(38)11-6-20)31(41)37-18-22-16-26(45-19-29(39)36-43)12-7-21(22)17-28(37)30(40)34-23-8-13-25(44-4)14-9-23/h5-14,16,27-28,38,43H,15,17-19H2,1-4H3,(H,34,40)(H,35,42)(H,36,39)/t27-,28-/m0/s1. The Labute approximate surface area is 266 Å². The molecule has 13 heteroatoms. The number of ether oxygens (including phenoxy) is 3. The van der Waals surface area contributed by atoms with Gasteiger partial charge in [0.15, 0.2) is 6.61 Å². The maximum atomic E-state index is 14.4. The molecule has 0 saturated heterocycles. The van der Waals surface area contributed by atoms with Gasteiger partial charge >= 0.3 is 6.09 Å². The summed E-state index contributed by atoms with van der Waals surface area (Å²) in [6.45, 7) is 4.66. The quantitative estimate of drug-likeness (QED) is 0.165. The SMILES string of the molecule is COc1ccc(NC(=O)[C@@H]2Cc3ccc(OCC(=O)NO)cc3CN2C(=O)[C@H](Cc2ccc(O)cc2)NC(=O)OC(C)(C)C)cc1. The number of fused-ring (bicyclic) bond motifs is 1.